The fourth-order valence-electron chi connectivity index (χ4n) is 2.68. The van der Waals surface area contributed by atoms with Gasteiger partial charge < -0.3 is 15.4 Å². The van der Waals surface area contributed by atoms with Gasteiger partial charge in [-0.1, -0.05) is 6.07 Å². The van der Waals surface area contributed by atoms with E-state index in [0.717, 1.165) is 23.9 Å². The summed E-state index contributed by atoms with van der Waals surface area (Å²) in [6, 6.07) is 4.29. The number of methoxy groups -OCH3 is 1. The van der Waals surface area contributed by atoms with Crippen molar-refractivity contribution in [3.8, 4) is 5.75 Å². The Bertz CT molecular complexity index is 398. The minimum Gasteiger partial charge on any atom is -0.495 e. The van der Waals surface area contributed by atoms with Gasteiger partial charge in [0, 0.05) is 6.54 Å². The van der Waals surface area contributed by atoms with Gasteiger partial charge >= 0.3 is 0 Å². The molecular weight excluding hydrogens is 224 g/mol. The maximum absolute atomic E-state index is 5.45. The van der Waals surface area contributed by atoms with Crippen molar-refractivity contribution in [1.82, 2.24) is 5.32 Å². The fraction of sp³-hybridized carbons (Fsp3) is 0.600. The summed E-state index contributed by atoms with van der Waals surface area (Å²) < 4.78 is 5.45. The summed E-state index contributed by atoms with van der Waals surface area (Å²) in [5, 5.41) is 6.94. The molecule has 0 radical (unpaired) electrons. The molecule has 0 saturated carbocycles. The summed E-state index contributed by atoms with van der Waals surface area (Å²) in [7, 11) is 1.74. The smallest absolute Gasteiger partial charge is 0.142 e. The molecule has 2 rings (SSSR count). The zero-order chi connectivity index (χ0) is 13.0. The molecule has 1 fully saturated rings. The second kappa shape index (κ2) is 6.10. The molecule has 18 heavy (non-hydrogen) atoms. The van der Waals surface area contributed by atoms with Crippen LogP contribution in [-0.4, -0.2) is 26.7 Å². The van der Waals surface area contributed by atoms with Gasteiger partial charge in [-0.15, -0.1) is 0 Å². The lowest BCUT2D eigenvalue weighted by atomic mass is 10.0. The Balaban J connectivity index is 1.95. The van der Waals surface area contributed by atoms with Crippen LogP contribution in [0.5, 0.6) is 5.75 Å². The molecular formula is C15H24N2O. The summed E-state index contributed by atoms with van der Waals surface area (Å²) in [5.74, 6) is 1.78. The number of hydrogen-bond acceptors (Lipinski definition) is 3. The molecule has 0 bridgehead atoms. The van der Waals surface area contributed by atoms with E-state index >= 15 is 0 Å². The van der Waals surface area contributed by atoms with E-state index in [9.17, 15) is 0 Å². The first-order valence-electron chi connectivity index (χ1n) is 6.80. The minimum atomic E-state index is 0.828. The summed E-state index contributed by atoms with van der Waals surface area (Å²) in [4.78, 5) is 0. The van der Waals surface area contributed by atoms with E-state index in [0.29, 0.717) is 0 Å². The summed E-state index contributed by atoms with van der Waals surface area (Å²) in [5.41, 5.74) is 3.65. The molecule has 0 aromatic heterocycles. The van der Waals surface area contributed by atoms with Crippen LogP contribution in [0.4, 0.5) is 5.69 Å². The lowest BCUT2D eigenvalue weighted by molar-refractivity contribution is 0.415. The number of ether oxygens (including phenoxy) is 1. The first-order chi connectivity index (χ1) is 8.70. The van der Waals surface area contributed by atoms with Crippen molar-refractivity contribution in [3.63, 3.8) is 0 Å². The highest BCUT2D eigenvalue weighted by Gasteiger charge is 2.14. The van der Waals surface area contributed by atoms with Crippen molar-refractivity contribution < 1.29 is 4.74 Å². The van der Waals surface area contributed by atoms with Crippen LogP contribution in [-0.2, 0) is 0 Å². The van der Waals surface area contributed by atoms with Gasteiger partial charge in [0.1, 0.15) is 5.75 Å². The number of nitrogens with one attached hydrogen (secondary N) is 2. The van der Waals surface area contributed by atoms with Crippen LogP contribution in [0.2, 0.25) is 0 Å². The second-order valence-corrected chi connectivity index (χ2v) is 5.23. The highest BCUT2D eigenvalue weighted by Crippen LogP contribution is 2.29. The van der Waals surface area contributed by atoms with Gasteiger partial charge in [-0.25, -0.2) is 0 Å². The fourth-order valence-corrected chi connectivity index (χ4v) is 2.68. The normalized spacial score (nSPS) is 18.9. The Morgan fingerprint density at radius 3 is 2.89 bits per heavy atom. The topological polar surface area (TPSA) is 33.3 Å². The van der Waals surface area contributed by atoms with Gasteiger partial charge in [-0.05, 0) is 62.9 Å². The average Bonchev–Trinajstić information content (AvgIpc) is 2.84. The zero-order valence-corrected chi connectivity index (χ0v) is 11.7. The Hall–Kier alpha value is -1.22. The minimum absolute atomic E-state index is 0.828. The van der Waals surface area contributed by atoms with E-state index in [-0.39, 0.29) is 0 Å². The van der Waals surface area contributed by atoms with Crippen LogP contribution in [0.15, 0.2) is 12.1 Å². The molecule has 1 saturated heterocycles. The van der Waals surface area contributed by atoms with E-state index in [1.807, 2.05) is 0 Å². The highest BCUT2D eigenvalue weighted by molar-refractivity contribution is 5.63. The van der Waals surface area contributed by atoms with Gasteiger partial charge in [0.2, 0.25) is 0 Å². The molecule has 2 N–H and O–H groups in total. The third kappa shape index (κ3) is 3.16. The molecule has 1 heterocycles. The predicted octanol–water partition coefficient (Wildman–Crippen LogP) is 2.72. The van der Waals surface area contributed by atoms with Crippen molar-refractivity contribution in [2.75, 3.05) is 32.1 Å². The number of rotatable bonds is 5. The molecule has 1 aliphatic heterocycles. The third-order valence-corrected chi connectivity index (χ3v) is 3.68. The van der Waals surface area contributed by atoms with Crippen LogP contribution in [0.25, 0.3) is 0 Å². The molecule has 0 spiro atoms. The standard InChI is InChI=1S/C15H24N2O/c1-11-8-12(2)15(14(9-11)18-3)17-7-5-13-4-6-16-10-13/h8-9,13,16-17H,4-7,10H2,1-3H3. The molecule has 1 aromatic carbocycles. The highest BCUT2D eigenvalue weighted by atomic mass is 16.5. The van der Waals surface area contributed by atoms with E-state index in [4.69, 9.17) is 4.74 Å². The van der Waals surface area contributed by atoms with Gasteiger partial charge in [-0.2, -0.15) is 0 Å². The third-order valence-electron chi connectivity index (χ3n) is 3.68. The maximum Gasteiger partial charge on any atom is 0.142 e. The van der Waals surface area contributed by atoms with Gasteiger partial charge in [0.05, 0.1) is 12.8 Å². The molecule has 1 atom stereocenters. The SMILES string of the molecule is COc1cc(C)cc(C)c1NCCC1CCNC1. The van der Waals surface area contributed by atoms with E-state index < -0.39 is 0 Å². The first-order valence-corrected chi connectivity index (χ1v) is 6.80. The monoisotopic (exact) mass is 248 g/mol. The molecule has 1 aromatic rings. The number of hydrogen-bond donors (Lipinski definition) is 2. The van der Waals surface area contributed by atoms with Crippen molar-refractivity contribution in [3.05, 3.63) is 23.3 Å². The Labute approximate surface area is 110 Å². The Kier molecular flexibility index (Phi) is 4.48. The van der Waals surface area contributed by atoms with Crippen molar-refractivity contribution in [1.29, 1.82) is 0 Å². The molecule has 3 heteroatoms. The molecule has 3 nitrogen and oxygen atoms in total. The Morgan fingerprint density at radius 2 is 2.22 bits per heavy atom. The van der Waals surface area contributed by atoms with E-state index in [1.165, 1.54) is 37.1 Å². The van der Waals surface area contributed by atoms with Crippen molar-refractivity contribution in [2.45, 2.75) is 26.7 Å². The summed E-state index contributed by atoms with van der Waals surface area (Å²) in [6.07, 6.45) is 2.54. The maximum atomic E-state index is 5.45. The van der Waals surface area contributed by atoms with Crippen molar-refractivity contribution >= 4 is 5.69 Å². The van der Waals surface area contributed by atoms with E-state index in [1.54, 1.807) is 7.11 Å². The van der Waals surface area contributed by atoms with Crippen LogP contribution >= 0.6 is 0 Å². The zero-order valence-electron chi connectivity index (χ0n) is 11.7. The van der Waals surface area contributed by atoms with Crippen LogP contribution in [0.1, 0.15) is 24.0 Å². The van der Waals surface area contributed by atoms with Gasteiger partial charge in [0.15, 0.2) is 0 Å². The molecule has 1 unspecified atom stereocenters. The van der Waals surface area contributed by atoms with Crippen LogP contribution < -0.4 is 15.4 Å². The largest absolute Gasteiger partial charge is 0.495 e. The van der Waals surface area contributed by atoms with Crippen LogP contribution in [0.3, 0.4) is 0 Å². The molecule has 0 amide bonds. The number of benzene rings is 1. The predicted molar refractivity (Wildman–Crippen MR) is 76.6 cm³/mol. The lowest BCUT2D eigenvalue weighted by Crippen LogP contribution is -2.13. The van der Waals surface area contributed by atoms with Gasteiger partial charge in [-0.3, -0.25) is 0 Å². The van der Waals surface area contributed by atoms with Crippen LogP contribution in [0, 0.1) is 19.8 Å². The molecule has 1 aliphatic rings. The first kappa shape index (κ1) is 13.2. The number of anilines is 1. The molecule has 100 valence electrons. The molecule has 0 aliphatic carbocycles. The Morgan fingerprint density at radius 1 is 1.39 bits per heavy atom. The lowest BCUT2D eigenvalue weighted by Gasteiger charge is -2.16. The number of aryl methyl sites for hydroxylation is 2. The average molecular weight is 248 g/mol. The quantitative estimate of drug-likeness (QED) is 0.840. The second-order valence-electron chi connectivity index (χ2n) is 5.23. The summed E-state index contributed by atoms with van der Waals surface area (Å²) >= 11 is 0. The summed E-state index contributed by atoms with van der Waals surface area (Å²) in [6.45, 7) is 7.61. The van der Waals surface area contributed by atoms with Gasteiger partial charge in [0.25, 0.3) is 0 Å². The van der Waals surface area contributed by atoms with E-state index in [2.05, 4.69) is 36.6 Å². The van der Waals surface area contributed by atoms with Crippen molar-refractivity contribution in [2.24, 2.45) is 5.92 Å².